The van der Waals surface area contributed by atoms with Crippen molar-refractivity contribution in [2.24, 2.45) is 17.3 Å². The van der Waals surface area contributed by atoms with E-state index in [0.717, 1.165) is 31.1 Å². The van der Waals surface area contributed by atoms with Crippen molar-refractivity contribution in [3.8, 4) is 12.1 Å². The number of unbranched alkanes of at least 4 members (excludes halogenated alkanes) is 3. The van der Waals surface area contributed by atoms with E-state index in [4.69, 9.17) is 10.5 Å². The summed E-state index contributed by atoms with van der Waals surface area (Å²) in [5.74, 6) is 1.50. The van der Waals surface area contributed by atoms with E-state index in [1.807, 2.05) is 0 Å². The van der Waals surface area contributed by atoms with Gasteiger partial charge in [-0.2, -0.15) is 10.5 Å². The van der Waals surface area contributed by atoms with Crippen molar-refractivity contribution in [1.82, 2.24) is 0 Å². The molecule has 2 heteroatoms. The number of hydrogen-bond acceptors (Lipinski definition) is 2. The Bertz CT molecular complexity index is 330. The first-order valence-electron chi connectivity index (χ1n) is 8.65. The molecule has 0 spiro atoms. The third kappa shape index (κ3) is 12.4. The number of hydrogen-bond donors (Lipinski definition) is 0. The fourth-order valence-electron chi connectivity index (χ4n) is 3.34. The summed E-state index contributed by atoms with van der Waals surface area (Å²) in [6.45, 7) is 9.37. The van der Waals surface area contributed by atoms with Crippen LogP contribution < -0.4 is 0 Å². The van der Waals surface area contributed by atoms with Crippen molar-refractivity contribution >= 4 is 0 Å². The standard InChI is InChI=1S/C19H34N2/c1-17(2)16-19(3,4)13-12-18(11-7-9-15-21)10-6-5-8-14-20/h17-18H,5-13,16H2,1-4H3. The van der Waals surface area contributed by atoms with Gasteiger partial charge in [0.25, 0.3) is 0 Å². The lowest BCUT2D eigenvalue weighted by Crippen LogP contribution is -2.16. The van der Waals surface area contributed by atoms with Crippen LogP contribution in [0.15, 0.2) is 0 Å². The lowest BCUT2D eigenvalue weighted by molar-refractivity contribution is 0.231. The summed E-state index contributed by atoms with van der Waals surface area (Å²) in [7, 11) is 0. The molecule has 0 aromatic heterocycles. The number of nitriles is 2. The second-order valence-electron chi connectivity index (χ2n) is 7.62. The predicted molar refractivity (Wildman–Crippen MR) is 89.5 cm³/mol. The molecular weight excluding hydrogens is 256 g/mol. The SMILES string of the molecule is CC(C)CC(C)(C)CCC(CCCC#N)CCCCC#N. The molecule has 0 bridgehead atoms. The highest BCUT2D eigenvalue weighted by atomic mass is 14.3. The summed E-state index contributed by atoms with van der Waals surface area (Å²) in [6.07, 6.45) is 10.8. The quantitative estimate of drug-likeness (QED) is 0.400. The van der Waals surface area contributed by atoms with Gasteiger partial charge < -0.3 is 0 Å². The van der Waals surface area contributed by atoms with Crippen molar-refractivity contribution in [1.29, 1.82) is 10.5 Å². The van der Waals surface area contributed by atoms with Crippen LogP contribution in [0, 0.1) is 39.9 Å². The smallest absolute Gasteiger partial charge is 0.0621 e. The third-order valence-corrected chi connectivity index (χ3v) is 4.24. The van der Waals surface area contributed by atoms with Crippen LogP contribution in [0.2, 0.25) is 0 Å². The maximum atomic E-state index is 8.70. The van der Waals surface area contributed by atoms with Crippen LogP contribution in [0.5, 0.6) is 0 Å². The van der Waals surface area contributed by atoms with Gasteiger partial charge in [-0.25, -0.2) is 0 Å². The van der Waals surface area contributed by atoms with E-state index in [1.165, 1.54) is 32.1 Å². The lowest BCUT2D eigenvalue weighted by atomic mass is 9.77. The highest BCUT2D eigenvalue weighted by molar-refractivity contribution is 4.75. The molecule has 1 atom stereocenters. The second-order valence-corrected chi connectivity index (χ2v) is 7.62. The van der Waals surface area contributed by atoms with Crippen LogP contribution in [-0.2, 0) is 0 Å². The van der Waals surface area contributed by atoms with Gasteiger partial charge >= 0.3 is 0 Å². The summed E-state index contributed by atoms with van der Waals surface area (Å²) < 4.78 is 0. The molecule has 120 valence electrons. The van der Waals surface area contributed by atoms with Crippen molar-refractivity contribution in [3.63, 3.8) is 0 Å². The Kier molecular flexibility index (Phi) is 11.1. The average Bonchev–Trinajstić information content (AvgIpc) is 2.39. The maximum absolute atomic E-state index is 8.70. The molecule has 0 aliphatic carbocycles. The summed E-state index contributed by atoms with van der Waals surface area (Å²) in [4.78, 5) is 0. The van der Waals surface area contributed by atoms with Crippen LogP contribution >= 0.6 is 0 Å². The van der Waals surface area contributed by atoms with Crippen molar-refractivity contribution in [3.05, 3.63) is 0 Å². The Labute approximate surface area is 132 Å². The zero-order chi connectivity index (χ0) is 16.1. The van der Waals surface area contributed by atoms with Crippen LogP contribution in [-0.4, -0.2) is 0 Å². The van der Waals surface area contributed by atoms with Gasteiger partial charge in [-0.1, -0.05) is 40.5 Å². The van der Waals surface area contributed by atoms with Gasteiger partial charge in [0.2, 0.25) is 0 Å². The molecule has 0 amide bonds. The molecule has 0 aromatic carbocycles. The molecule has 0 aromatic rings. The highest BCUT2D eigenvalue weighted by Gasteiger charge is 2.21. The van der Waals surface area contributed by atoms with E-state index in [1.54, 1.807) is 0 Å². The van der Waals surface area contributed by atoms with Gasteiger partial charge in [0.1, 0.15) is 0 Å². The topological polar surface area (TPSA) is 47.6 Å². The normalized spacial score (nSPS) is 12.9. The molecular formula is C19H34N2. The van der Waals surface area contributed by atoms with Gasteiger partial charge in [0, 0.05) is 12.8 Å². The van der Waals surface area contributed by atoms with Gasteiger partial charge in [0.15, 0.2) is 0 Å². The van der Waals surface area contributed by atoms with Crippen molar-refractivity contribution < 1.29 is 0 Å². The Morgan fingerprint density at radius 3 is 2.00 bits per heavy atom. The first-order chi connectivity index (χ1) is 9.91. The molecule has 0 aliphatic heterocycles. The minimum atomic E-state index is 0.425. The molecule has 0 aliphatic rings. The Hall–Kier alpha value is -1.02. The molecule has 0 N–H and O–H groups in total. The summed E-state index contributed by atoms with van der Waals surface area (Å²) in [6, 6.07) is 4.48. The largest absolute Gasteiger partial charge is 0.198 e. The van der Waals surface area contributed by atoms with Crippen LogP contribution in [0.1, 0.15) is 91.9 Å². The maximum Gasteiger partial charge on any atom is 0.0621 e. The van der Waals surface area contributed by atoms with Gasteiger partial charge in [-0.3, -0.25) is 0 Å². The molecule has 21 heavy (non-hydrogen) atoms. The summed E-state index contributed by atoms with van der Waals surface area (Å²) in [5.41, 5.74) is 0.425. The van der Waals surface area contributed by atoms with E-state index in [0.29, 0.717) is 18.3 Å². The van der Waals surface area contributed by atoms with Gasteiger partial charge in [0.05, 0.1) is 12.1 Å². The minimum Gasteiger partial charge on any atom is -0.198 e. The predicted octanol–water partition coefficient (Wildman–Crippen LogP) is 6.23. The molecule has 1 unspecified atom stereocenters. The van der Waals surface area contributed by atoms with Crippen LogP contribution in [0.25, 0.3) is 0 Å². The van der Waals surface area contributed by atoms with E-state index < -0.39 is 0 Å². The Morgan fingerprint density at radius 2 is 1.43 bits per heavy atom. The van der Waals surface area contributed by atoms with E-state index >= 15 is 0 Å². The fourth-order valence-corrected chi connectivity index (χ4v) is 3.34. The molecule has 0 heterocycles. The number of rotatable bonds is 12. The summed E-state index contributed by atoms with van der Waals surface area (Å²) in [5, 5.41) is 17.3. The van der Waals surface area contributed by atoms with E-state index in [-0.39, 0.29) is 0 Å². The van der Waals surface area contributed by atoms with Crippen molar-refractivity contribution in [2.45, 2.75) is 91.9 Å². The van der Waals surface area contributed by atoms with E-state index in [2.05, 4.69) is 39.8 Å². The molecule has 0 fully saturated rings. The average molecular weight is 290 g/mol. The fraction of sp³-hybridized carbons (Fsp3) is 0.895. The first-order valence-corrected chi connectivity index (χ1v) is 8.65. The molecule has 0 rings (SSSR count). The highest BCUT2D eigenvalue weighted by Crippen LogP contribution is 2.34. The first kappa shape index (κ1) is 20.0. The molecule has 2 nitrogen and oxygen atoms in total. The van der Waals surface area contributed by atoms with Crippen LogP contribution in [0.4, 0.5) is 0 Å². The lowest BCUT2D eigenvalue weighted by Gasteiger charge is -2.29. The Morgan fingerprint density at radius 1 is 0.857 bits per heavy atom. The van der Waals surface area contributed by atoms with Crippen LogP contribution in [0.3, 0.4) is 0 Å². The third-order valence-electron chi connectivity index (χ3n) is 4.24. The zero-order valence-electron chi connectivity index (χ0n) is 14.6. The van der Waals surface area contributed by atoms with Gasteiger partial charge in [-0.15, -0.1) is 0 Å². The van der Waals surface area contributed by atoms with E-state index in [9.17, 15) is 0 Å². The minimum absolute atomic E-state index is 0.425. The molecule has 0 radical (unpaired) electrons. The molecule has 0 saturated carbocycles. The summed E-state index contributed by atoms with van der Waals surface area (Å²) >= 11 is 0. The Balaban J connectivity index is 4.18. The van der Waals surface area contributed by atoms with Gasteiger partial charge in [-0.05, 0) is 55.8 Å². The zero-order valence-corrected chi connectivity index (χ0v) is 14.6. The molecule has 0 saturated heterocycles. The monoisotopic (exact) mass is 290 g/mol. The second kappa shape index (κ2) is 11.6. The van der Waals surface area contributed by atoms with Crippen molar-refractivity contribution in [2.75, 3.05) is 0 Å². The number of nitrogens with zero attached hydrogens (tertiary/aromatic N) is 2.